The van der Waals surface area contributed by atoms with Crippen LogP contribution in [0.1, 0.15) is 59.8 Å². The van der Waals surface area contributed by atoms with Crippen LogP contribution < -0.4 is 5.73 Å². The summed E-state index contributed by atoms with van der Waals surface area (Å²) in [6.45, 7) is 9.27. The maximum atomic E-state index is 6.08. The summed E-state index contributed by atoms with van der Waals surface area (Å²) in [7, 11) is 0. The summed E-state index contributed by atoms with van der Waals surface area (Å²) in [5.74, 6) is 0.859. The van der Waals surface area contributed by atoms with Crippen molar-refractivity contribution >= 4 is 0 Å². The molecule has 88 valence electrons. The molecule has 0 saturated heterocycles. The van der Waals surface area contributed by atoms with Crippen LogP contribution in [0.4, 0.5) is 0 Å². The third-order valence-electron chi connectivity index (χ3n) is 3.65. The zero-order chi connectivity index (χ0) is 11.5. The molecule has 1 aliphatic carbocycles. The Labute approximate surface area is 95.1 Å². The topological polar surface area (TPSA) is 26.0 Å². The highest BCUT2D eigenvalue weighted by Crippen LogP contribution is 2.37. The minimum Gasteiger partial charge on any atom is -0.324 e. The molecule has 0 fully saturated rings. The first-order valence-electron chi connectivity index (χ1n) is 6.42. The van der Waals surface area contributed by atoms with Crippen molar-refractivity contribution in [1.29, 1.82) is 0 Å². The van der Waals surface area contributed by atoms with Gasteiger partial charge in [-0.15, -0.1) is 0 Å². The van der Waals surface area contributed by atoms with E-state index in [4.69, 9.17) is 5.73 Å². The standard InChI is InChI=1S/C14H27N/c1-5-11(6-2)7-12-8-13(15)10-14(3,4)9-12/h8,11,13H,5-7,9-10,15H2,1-4H3. The lowest BCUT2D eigenvalue weighted by atomic mass is 9.73. The van der Waals surface area contributed by atoms with Gasteiger partial charge in [-0.1, -0.05) is 52.2 Å². The molecule has 1 aliphatic rings. The van der Waals surface area contributed by atoms with E-state index < -0.39 is 0 Å². The number of hydrogen-bond acceptors (Lipinski definition) is 1. The Morgan fingerprint density at radius 2 is 2.00 bits per heavy atom. The van der Waals surface area contributed by atoms with Crippen molar-refractivity contribution in [3.8, 4) is 0 Å². The Hall–Kier alpha value is -0.300. The molecule has 0 aromatic carbocycles. The fraction of sp³-hybridized carbons (Fsp3) is 0.857. The fourth-order valence-electron chi connectivity index (χ4n) is 2.83. The minimum atomic E-state index is 0.290. The molecule has 15 heavy (non-hydrogen) atoms. The smallest absolute Gasteiger partial charge is 0.0231 e. The first-order chi connectivity index (χ1) is 6.96. The SMILES string of the molecule is CCC(CC)CC1=CC(N)CC(C)(C)C1. The van der Waals surface area contributed by atoms with E-state index in [1.165, 1.54) is 25.7 Å². The average molecular weight is 209 g/mol. The highest BCUT2D eigenvalue weighted by Gasteiger charge is 2.27. The van der Waals surface area contributed by atoms with Crippen LogP contribution >= 0.6 is 0 Å². The van der Waals surface area contributed by atoms with Crippen molar-refractivity contribution in [2.45, 2.75) is 65.8 Å². The predicted octanol–water partition coefficient (Wildman–Crippen LogP) is 3.89. The van der Waals surface area contributed by atoms with Crippen LogP contribution in [0.25, 0.3) is 0 Å². The Kier molecular flexibility index (Phi) is 4.39. The van der Waals surface area contributed by atoms with Crippen LogP contribution in [-0.4, -0.2) is 6.04 Å². The molecule has 1 heteroatoms. The maximum Gasteiger partial charge on any atom is 0.0231 e. The van der Waals surface area contributed by atoms with Crippen molar-refractivity contribution in [2.75, 3.05) is 0 Å². The highest BCUT2D eigenvalue weighted by molar-refractivity contribution is 5.14. The summed E-state index contributed by atoms with van der Waals surface area (Å²) in [4.78, 5) is 0. The molecule has 1 unspecified atom stereocenters. The minimum absolute atomic E-state index is 0.290. The van der Waals surface area contributed by atoms with Crippen LogP contribution in [0.2, 0.25) is 0 Å². The van der Waals surface area contributed by atoms with E-state index >= 15 is 0 Å². The molecule has 0 bridgehead atoms. The summed E-state index contributed by atoms with van der Waals surface area (Å²) in [5.41, 5.74) is 8.10. The molecule has 0 aromatic heterocycles. The van der Waals surface area contributed by atoms with Crippen molar-refractivity contribution in [3.05, 3.63) is 11.6 Å². The lowest BCUT2D eigenvalue weighted by molar-refractivity contribution is 0.291. The first-order valence-corrected chi connectivity index (χ1v) is 6.42. The molecule has 0 saturated carbocycles. The Morgan fingerprint density at radius 1 is 1.40 bits per heavy atom. The second kappa shape index (κ2) is 5.16. The van der Waals surface area contributed by atoms with Crippen LogP contribution in [0.3, 0.4) is 0 Å². The van der Waals surface area contributed by atoms with E-state index in [1.807, 2.05) is 0 Å². The number of hydrogen-bond donors (Lipinski definition) is 1. The van der Waals surface area contributed by atoms with Crippen molar-refractivity contribution < 1.29 is 0 Å². The van der Waals surface area contributed by atoms with E-state index in [1.54, 1.807) is 5.57 Å². The van der Waals surface area contributed by atoms with E-state index in [0.717, 1.165) is 12.3 Å². The van der Waals surface area contributed by atoms with Gasteiger partial charge in [-0.3, -0.25) is 0 Å². The van der Waals surface area contributed by atoms with Gasteiger partial charge in [0.2, 0.25) is 0 Å². The third kappa shape index (κ3) is 3.98. The van der Waals surface area contributed by atoms with Gasteiger partial charge in [0.15, 0.2) is 0 Å². The molecular formula is C14H27N. The number of rotatable bonds is 4. The van der Waals surface area contributed by atoms with Crippen molar-refractivity contribution in [3.63, 3.8) is 0 Å². The summed E-state index contributed by atoms with van der Waals surface area (Å²) < 4.78 is 0. The van der Waals surface area contributed by atoms with Crippen molar-refractivity contribution in [2.24, 2.45) is 17.1 Å². The molecule has 1 atom stereocenters. The van der Waals surface area contributed by atoms with Crippen LogP contribution in [0.5, 0.6) is 0 Å². The molecule has 2 N–H and O–H groups in total. The molecule has 0 heterocycles. The average Bonchev–Trinajstić information content (AvgIpc) is 2.10. The quantitative estimate of drug-likeness (QED) is 0.698. The molecular weight excluding hydrogens is 182 g/mol. The second-order valence-corrected chi connectivity index (χ2v) is 5.92. The zero-order valence-corrected chi connectivity index (χ0v) is 10.8. The Balaban J connectivity index is 2.61. The van der Waals surface area contributed by atoms with Gasteiger partial charge in [-0.05, 0) is 30.6 Å². The summed E-state index contributed by atoms with van der Waals surface area (Å²) >= 11 is 0. The van der Waals surface area contributed by atoms with Gasteiger partial charge in [0.25, 0.3) is 0 Å². The van der Waals surface area contributed by atoms with Gasteiger partial charge >= 0.3 is 0 Å². The highest BCUT2D eigenvalue weighted by atomic mass is 14.6. The van der Waals surface area contributed by atoms with Gasteiger partial charge < -0.3 is 5.73 Å². The Morgan fingerprint density at radius 3 is 2.47 bits per heavy atom. The molecule has 0 aliphatic heterocycles. The number of nitrogens with two attached hydrogens (primary N) is 1. The predicted molar refractivity (Wildman–Crippen MR) is 67.8 cm³/mol. The van der Waals surface area contributed by atoms with Crippen LogP contribution in [-0.2, 0) is 0 Å². The van der Waals surface area contributed by atoms with Crippen LogP contribution in [0.15, 0.2) is 11.6 Å². The zero-order valence-electron chi connectivity index (χ0n) is 10.8. The van der Waals surface area contributed by atoms with Gasteiger partial charge in [-0.2, -0.15) is 0 Å². The Bertz CT molecular complexity index is 223. The monoisotopic (exact) mass is 209 g/mol. The summed E-state index contributed by atoms with van der Waals surface area (Å²) in [6.07, 6.45) is 8.57. The maximum absolute atomic E-state index is 6.08. The third-order valence-corrected chi connectivity index (χ3v) is 3.65. The number of allylic oxidation sites excluding steroid dienone is 1. The van der Waals surface area contributed by atoms with Gasteiger partial charge in [0, 0.05) is 6.04 Å². The summed E-state index contributed by atoms with van der Waals surface area (Å²) in [6, 6.07) is 0.290. The lowest BCUT2D eigenvalue weighted by Crippen LogP contribution is -2.31. The van der Waals surface area contributed by atoms with E-state index in [0.29, 0.717) is 5.41 Å². The largest absolute Gasteiger partial charge is 0.324 e. The van der Waals surface area contributed by atoms with E-state index in [2.05, 4.69) is 33.8 Å². The molecule has 0 amide bonds. The van der Waals surface area contributed by atoms with Crippen LogP contribution in [0, 0.1) is 11.3 Å². The van der Waals surface area contributed by atoms with Gasteiger partial charge in [-0.25, -0.2) is 0 Å². The molecule has 0 aromatic rings. The first kappa shape index (κ1) is 12.8. The molecule has 1 nitrogen and oxygen atoms in total. The molecule has 0 spiro atoms. The van der Waals surface area contributed by atoms with E-state index in [-0.39, 0.29) is 6.04 Å². The van der Waals surface area contributed by atoms with E-state index in [9.17, 15) is 0 Å². The van der Waals surface area contributed by atoms with Gasteiger partial charge in [0.1, 0.15) is 0 Å². The molecule has 1 rings (SSSR count). The van der Waals surface area contributed by atoms with Crippen molar-refractivity contribution in [1.82, 2.24) is 0 Å². The second-order valence-electron chi connectivity index (χ2n) is 5.92. The fourth-order valence-corrected chi connectivity index (χ4v) is 2.83. The molecule has 0 radical (unpaired) electrons. The normalized spacial score (nSPS) is 25.5. The van der Waals surface area contributed by atoms with Gasteiger partial charge in [0.05, 0.1) is 0 Å². The summed E-state index contributed by atoms with van der Waals surface area (Å²) in [5, 5.41) is 0. The lowest BCUT2D eigenvalue weighted by Gasteiger charge is -2.34.